The lowest BCUT2D eigenvalue weighted by molar-refractivity contribution is 0.508. The highest BCUT2D eigenvalue weighted by atomic mass is 19.2. The first-order valence-electron chi connectivity index (χ1n) is 4.14. The fourth-order valence-corrected chi connectivity index (χ4v) is 1.09. The number of rotatable bonds is 3. The molecule has 0 saturated carbocycles. The fourth-order valence-electron chi connectivity index (χ4n) is 1.09. The van der Waals surface area contributed by atoms with Gasteiger partial charge in [-0.1, -0.05) is 18.7 Å². The molecule has 0 bridgehead atoms. The van der Waals surface area contributed by atoms with E-state index in [2.05, 4.69) is 11.9 Å². The van der Waals surface area contributed by atoms with E-state index in [0.29, 0.717) is 11.1 Å². The van der Waals surface area contributed by atoms with Gasteiger partial charge in [0.2, 0.25) is 0 Å². The summed E-state index contributed by atoms with van der Waals surface area (Å²) >= 11 is 0. The Labute approximate surface area is 81.8 Å². The first kappa shape index (κ1) is 10.4. The van der Waals surface area contributed by atoms with Crippen LogP contribution < -0.4 is 5.32 Å². The van der Waals surface area contributed by atoms with Crippen LogP contribution in [0, 0.1) is 11.6 Å². The Morgan fingerprint density at radius 3 is 2.57 bits per heavy atom. The molecule has 1 N–H and O–H groups in total. The highest BCUT2D eigenvalue weighted by Crippen LogP contribution is 2.17. The second kappa shape index (κ2) is 4.56. The minimum absolute atomic E-state index is 0.591. The molecule has 0 saturated heterocycles. The molecule has 1 aromatic rings. The van der Waals surface area contributed by atoms with E-state index in [-0.39, 0.29) is 0 Å². The van der Waals surface area contributed by atoms with Gasteiger partial charge in [-0.25, -0.2) is 8.78 Å². The lowest BCUT2D eigenvalue weighted by atomic mass is 10.1. The molecule has 0 unspecified atom stereocenters. The summed E-state index contributed by atoms with van der Waals surface area (Å²) < 4.78 is 25.5. The van der Waals surface area contributed by atoms with Crippen LogP contribution in [-0.4, -0.2) is 7.05 Å². The summed E-state index contributed by atoms with van der Waals surface area (Å²) in [6.07, 6.45) is 3.24. The van der Waals surface area contributed by atoms with Crippen molar-refractivity contribution >= 4 is 5.57 Å². The van der Waals surface area contributed by atoms with E-state index in [9.17, 15) is 8.78 Å². The molecule has 14 heavy (non-hydrogen) atoms. The van der Waals surface area contributed by atoms with Gasteiger partial charge in [-0.05, 0) is 23.3 Å². The minimum atomic E-state index is -0.855. The molecule has 0 heterocycles. The average Bonchev–Trinajstić information content (AvgIpc) is 2.19. The molecule has 0 aliphatic heterocycles. The number of allylic oxidation sites excluding steroid dienone is 2. The Kier molecular flexibility index (Phi) is 3.40. The first-order chi connectivity index (χ1) is 6.69. The van der Waals surface area contributed by atoms with E-state index < -0.39 is 11.6 Å². The van der Waals surface area contributed by atoms with E-state index >= 15 is 0 Å². The summed E-state index contributed by atoms with van der Waals surface area (Å²) in [5.74, 6) is -1.70. The monoisotopic (exact) mass is 195 g/mol. The zero-order valence-electron chi connectivity index (χ0n) is 7.85. The molecule has 0 fully saturated rings. The maximum atomic E-state index is 12.9. The fraction of sp³-hybridized carbons (Fsp3) is 0.0909. The third-order valence-electron chi connectivity index (χ3n) is 1.77. The van der Waals surface area contributed by atoms with Gasteiger partial charge in [0.15, 0.2) is 11.6 Å². The molecule has 0 atom stereocenters. The maximum Gasteiger partial charge on any atom is 0.159 e. The highest BCUT2D eigenvalue weighted by Gasteiger charge is 2.03. The van der Waals surface area contributed by atoms with Crippen molar-refractivity contribution in [2.75, 3.05) is 7.05 Å². The summed E-state index contributed by atoms with van der Waals surface area (Å²) in [5.41, 5.74) is 1.31. The summed E-state index contributed by atoms with van der Waals surface area (Å²) in [5, 5.41) is 2.80. The highest BCUT2D eigenvalue weighted by molar-refractivity contribution is 5.73. The third-order valence-corrected chi connectivity index (χ3v) is 1.77. The summed E-state index contributed by atoms with van der Waals surface area (Å²) in [4.78, 5) is 0. The Bertz CT molecular complexity index is 370. The van der Waals surface area contributed by atoms with Crippen molar-refractivity contribution in [1.29, 1.82) is 0 Å². The molecule has 0 aliphatic rings. The van der Waals surface area contributed by atoms with Gasteiger partial charge in [-0.3, -0.25) is 0 Å². The van der Waals surface area contributed by atoms with Gasteiger partial charge >= 0.3 is 0 Å². The van der Waals surface area contributed by atoms with Crippen molar-refractivity contribution in [1.82, 2.24) is 5.32 Å². The van der Waals surface area contributed by atoms with Crippen molar-refractivity contribution in [3.63, 3.8) is 0 Å². The van der Waals surface area contributed by atoms with Gasteiger partial charge in [0.25, 0.3) is 0 Å². The van der Waals surface area contributed by atoms with Crippen molar-refractivity contribution in [2.24, 2.45) is 0 Å². The number of hydrogen-bond donors (Lipinski definition) is 1. The predicted octanol–water partition coefficient (Wildman–Crippen LogP) is 2.71. The van der Waals surface area contributed by atoms with Gasteiger partial charge in [0.05, 0.1) is 0 Å². The minimum Gasteiger partial charge on any atom is -0.393 e. The number of benzene rings is 1. The largest absolute Gasteiger partial charge is 0.393 e. The quantitative estimate of drug-likeness (QED) is 0.731. The molecule has 0 aliphatic carbocycles. The van der Waals surface area contributed by atoms with Gasteiger partial charge in [-0.2, -0.15) is 0 Å². The molecule has 0 radical (unpaired) electrons. The molecule has 0 spiro atoms. The number of halogens is 2. The van der Waals surface area contributed by atoms with Gasteiger partial charge in [0, 0.05) is 13.2 Å². The molecule has 74 valence electrons. The second-order valence-electron chi connectivity index (χ2n) is 2.72. The average molecular weight is 195 g/mol. The molecule has 1 nitrogen and oxygen atoms in total. The Morgan fingerprint density at radius 1 is 1.36 bits per heavy atom. The van der Waals surface area contributed by atoms with Gasteiger partial charge < -0.3 is 5.32 Å². The van der Waals surface area contributed by atoms with Crippen LogP contribution in [0.5, 0.6) is 0 Å². The Morgan fingerprint density at radius 2 is 2.07 bits per heavy atom. The van der Waals surface area contributed by atoms with Crippen molar-refractivity contribution in [2.45, 2.75) is 0 Å². The van der Waals surface area contributed by atoms with E-state index in [1.165, 1.54) is 6.07 Å². The summed E-state index contributed by atoms with van der Waals surface area (Å²) in [6, 6.07) is 3.74. The van der Waals surface area contributed by atoms with Crippen LogP contribution in [-0.2, 0) is 0 Å². The summed E-state index contributed by atoms with van der Waals surface area (Å²) in [7, 11) is 1.73. The predicted molar refractivity (Wildman–Crippen MR) is 53.6 cm³/mol. The molecule has 0 aromatic heterocycles. The van der Waals surface area contributed by atoms with Crippen LogP contribution in [0.1, 0.15) is 5.56 Å². The lowest BCUT2D eigenvalue weighted by Gasteiger charge is -2.02. The summed E-state index contributed by atoms with van der Waals surface area (Å²) in [6.45, 7) is 3.58. The molecule has 1 aromatic carbocycles. The Balaban J connectivity index is 3.12. The van der Waals surface area contributed by atoms with E-state index in [1.807, 2.05) is 0 Å². The van der Waals surface area contributed by atoms with E-state index in [4.69, 9.17) is 0 Å². The van der Waals surface area contributed by atoms with Crippen molar-refractivity contribution in [3.8, 4) is 0 Å². The van der Waals surface area contributed by atoms with Crippen LogP contribution in [0.2, 0.25) is 0 Å². The van der Waals surface area contributed by atoms with Crippen LogP contribution in [0.25, 0.3) is 5.57 Å². The van der Waals surface area contributed by atoms with Crippen LogP contribution >= 0.6 is 0 Å². The van der Waals surface area contributed by atoms with E-state index in [1.54, 1.807) is 19.3 Å². The van der Waals surface area contributed by atoms with E-state index in [0.717, 1.165) is 12.1 Å². The van der Waals surface area contributed by atoms with Gasteiger partial charge in [0.1, 0.15) is 0 Å². The molecular weight excluding hydrogens is 184 g/mol. The van der Waals surface area contributed by atoms with Crippen LogP contribution in [0.3, 0.4) is 0 Å². The van der Waals surface area contributed by atoms with Gasteiger partial charge in [-0.15, -0.1) is 0 Å². The normalized spacial score (nSPS) is 11.2. The topological polar surface area (TPSA) is 12.0 Å². The zero-order chi connectivity index (χ0) is 10.6. The zero-order valence-corrected chi connectivity index (χ0v) is 7.85. The standard InChI is InChI=1S/C11H11F2N/c1-3-8(7-14-2)9-4-5-10(12)11(13)6-9/h3-7,14H,1H2,2H3/b8-7+. The number of hydrogen-bond acceptors (Lipinski definition) is 1. The Hall–Kier alpha value is -1.64. The molecule has 0 amide bonds. The third kappa shape index (κ3) is 2.19. The van der Waals surface area contributed by atoms with Crippen molar-refractivity contribution in [3.05, 3.63) is 54.3 Å². The molecular formula is C11H11F2N. The second-order valence-corrected chi connectivity index (χ2v) is 2.72. The number of nitrogens with one attached hydrogen (secondary N) is 1. The molecule has 1 rings (SSSR count). The first-order valence-corrected chi connectivity index (χ1v) is 4.14. The SMILES string of the molecule is C=C/C(=C\NC)c1ccc(F)c(F)c1. The smallest absolute Gasteiger partial charge is 0.159 e. The maximum absolute atomic E-state index is 12.9. The van der Waals surface area contributed by atoms with Crippen molar-refractivity contribution < 1.29 is 8.78 Å². The van der Waals surface area contributed by atoms with Crippen LogP contribution in [0.4, 0.5) is 8.78 Å². The molecule has 3 heteroatoms. The lowest BCUT2D eigenvalue weighted by Crippen LogP contribution is -1.95. The van der Waals surface area contributed by atoms with Crippen LogP contribution in [0.15, 0.2) is 37.1 Å².